The van der Waals surface area contributed by atoms with Gasteiger partial charge in [-0.25, -0.2) is 0 Å². The summed E-state index contributed by atoms with van der Waals surface area (Å²) in [6.07, 6.45) is 0. The molecule has 0 aliphatic heterocycles. The van der Waals surface area contributed by atoms with E-state index in [1.807, 2.05) is 48.5 Å². The van der Waals surface area contributed by atoms with Crippen molar-refractivity contribution in [2.24, 2.45) is 0 Å². The van der Waals surface area contributed by atoms with Gasteiger partial charge in [-0.15, -0.1) is 0 Å². The van der Waals surface area contributed by atoms with E-state index < -0.39 is 0 Å². The van der Waals surface area contributed by atoms with Crippen molar-refractivity contribution in [2.45, 2.75) is 6.54 Å². The van der Waals surface area contributed by atoms with Crippen LogP contribution in [0.15, 0.2) is 72.8 Å². The molecule has 3 rings (SSSR count). The second-order valence-electron chi connectivity index (χ2n) is 6.04. The smallest absolute Gasteiger partial charge is 0.178 e. The van der Waals surface area contributed by atoms with E-state index in [-0.39, 0.29) is 0 Å². The van der Waals surface area contributed by atoms with Crippen molar-refractivity contribution in [2.75, 3.05) is 24.4 Å². The van der Waals surface area contributed by atoms with Gasteiger partial charge in [-0.1, -0.05) is 18.2 Å². The van der Waals surface area contributed by atoms with Crippen molar-refractivity contribution in [1.82, 2.24) is 0 Å². The zero-order chi connectivity index (χ0) is 19.9. The van der Waals surface area contributed by atoms with Gasteiger partial charge in [-0.2, -0.15) is 0 Å². The van der Waals surface area contributed by atoms with E-state index in [2.05, 4.69) is 57.1 Å². The summed E-state index contributed by atoms with van der Waals surface area (Å²) in [5, 5.41) is 3.94. The van der Waals surface area contributed by atoms with E-state index in [4.69, 9.17) is 21.7 Å². The number of halogens is 1. The highest BCUT2D eigenvalue weighted by Crippen LogP contribution is 2.28. The predicted octanol–water partition coefficient (Wildman–Crippen LogP) is 5.71. The van der Waals surface area contributed by atoms with Crippen molar-refractivity contribution in [1.29, 1.82) is 0 Å². The fourth-order valence-electron chi connectivity index (χ4n) is 2.77. The maximum absolute atomic E-state index is 5.75. The Balaban J connectivity index is 1.92. The van der Waals surface area contributed by atoms with Crippen molar-refractivity contribution >= 4 is 51.3 Å². The fourth-order valence-corrected chi connectivity index (χ4v) is 3.41. The van der Waals surface area contributed by atoms with E-state index in [1.54, 1.807) is 14.2 Å². The molecule has 1 N–H and O–H groups in total. The number of anilines is 2. The number of ether oxygens (including phenoxy) is 2. The average molecular weight is 504 g/mol. The van der Waals surface area contributed by atoms with Gasteiger partial charge < -0.3 is 19.7 Å². The lowest BCUT2D eigenvalue weighted by Crippen LogP contribution is -2.34. The summed E-state index contributed by atoms with van der Waals surface area (Å²) in [4.78, 5) is 2.06. The Morgan fingerprint density at radius 3 is 2.32 bits per heavy atom. The molecule has 3 aromatic rings. The molecule has 0 aliphatic rings. The molecule has 0 atom stereocenters. The molecule has 6 heteroatoms. The monoisotopic (exact) mass is 504 g/mol. The molecule has 0 fully saturated rings. The standard InChI is InChI=1S/C22H21IN2O2S/c1-26-20-13-8-16(21(14-20)27-2)15-25(19-11-9-17(23)10-12-19)22(28)24-18-6-4-3-5-7-18/h3-14H,15H2,1-2H3,(H,24,28). The summed E-state index contributed by atoms with van der Waals surface area (Å²) in [5.41, 5.74) is 2.97. The predicted molar refractivity (Wildman–Crippen MR) is 128 cm³/mol. The van der Waals surface area contributed by atoms with Crippen LogP contribution in [0.2, 0.25) is 0 Å². The van der Waals surface area contributed by atoms with Crippen LogP contribution < -0.4 is 19.7 Å². The van der Waals surface area contributed by atoms with Gasteiger partial charge in [0.1, 0.15) is 11.5 Å². The van der Waals surface area contributed by atoms with Crippen molar-refractivity contribution in [3.63, 3.8) is 0 Å². The molecule has 0 saturated carbocycles. The Hall–Kier alpha value is -2.32. The minimum absolute atomic E-state index is 0.562. The topological polar surface area (TPSA) is 33.7 Å². The normalized spacial score (nSPS) is 10.2. The first-order chi connectivity index (χ1) is 13.6. The highest BCUT2D eigenvalue weighted by molar-refractivity contribution is 14.1. The molecular formula is C22H21IN2O2S. The van der Waals surface area contributed by atoms with Gasteiger partial charge in [0.25, 0.3) is 0 Å². The number of benzene rings is 3. The van der Waals surface area contributed by atoms with Gasteiger partial charge in [-0.05, 0) is 83.3 Å². The molecule has 0 heterocycles. The summed E-state index contributed by atoms with van der Waals surface area (Å²) >= 11 is 8.04. The largest absolute Gasteiger partial charge is 0.497 e. The number of nitrogens with zero attached hydrogens (tertiary/aromatic N) is 1. The molecule has 0 aliphatic carbocycles. The molecule has 0 amide bonds. The lowest BCUT2D eigenvalue weighted by molar-refractivity contribution is 0.391. The summed E-state index contributed by atoms with van der Waals surface area (Å²) in [7, 11) is 3.30. The van der Waals surface area contributed by atoms with Crippen LogP contribution in [-0.4, -0.2) is 19.3 Å². The van der Waals surface area contributed by atoms with Crippen molar-refractivity contribution < 1.29 is 9.47 Å². The molecule has 144 valence electrons. The van der Waals surface area contributed by atoms with Crippen LogP contribution in [0.3, 0.4) is 0 Å². The first kappa shape index (κ1) is 20.4. The SMILES string of the molecule is COc1ccc(CN(C(=S)Nc2ccccc2)c2ccc(I)cc2)c(OC)c1. The van der Waals surface area contributed by atoms with Crippen LogP contribution in [0.5, 0.6) is 11.5 Å². The number of thiocarbonyl (C=S) groups is 1. The fraction of sp³-hybridized carbons (Fsp3) is 0.136. The molecule has 0 radical (unpaired) electrons. The van der Waals surface area contributed by atoms with Gasteiger partial charge in [0.2, 0.25) is 0 Å². The third-order valence-corrected chi connectivity index (χ3v) is 5.27. The summed E-state index contributed by atoms with van der Waals surface area (Å²) in [6, 6.07) is 24.0. The Morgan fingerprint density at radius 2 is 1.68 bits per heavy atom. The minimum Gasteiger partial charge on any atom is -0.497 e. The second-order valence-corrected chi connectivity index (χ2v) is 7.67. The number of para-hydroxylation sites is 1. The Bertz CT molecular complexity index is 933. The molecule has 0 aromatic heterocycles. The van der Waals surface area contributed by atoms with E-state index in [1.165, 1.54) is 3.57 Å². The molecule has 0 unspecified atom stereocenters. The number of rotatable bonds is 6. The molecule has 3 aromatic carbocycles. The number of nitrogens with one attached hydrogen (secondary N) is 1. The summed E-state index contributed by atoms with van der Waals surface area (Å²) < 4.78 is 12.1. The van der Waals surface area contributed by atoms with E-state index in [0.29, 0.717) is 11.7 Å². The zero-order valence-corrected chi connectivity index (χ0v) is 18.7. The van der Waals surface area contributed by atoms with Crippen LogP contribution in [0, 0.1) is 3.57 Å². The lowest BCUT2D eigenvalue weighted by Gasteiger charge is -2.27. The van der Waals surface area contributed by atoms with E-state index >= 15 is 0 Å². The number of hydrogen-bond acceptors (Lipinski definition) is 3. The third kappa shape index (κ3) is 5.14. The van der Waals surface area contributed by atoms with Crippen molar-refractivity contribution in [3.05, 3.63) is 81.9 Å². The first-order valence-corrected chi connectivity index (χ1v) is 10.2. The Labute approximate surface area is 184 Å². The lowest BCUT2D eigenvalue weighted by atomic mass is 10.1. The molecule has 28 heavy (non-hydrogen) atoms. The molecule has 0 bridgehead atoms. The highest BCUT2D eigenvalue weighted by atomic mass is 127. The Kier molecular flexibility index (Phi) is 7.11. The zero-order valence-electron chi connectivity index (χ0n) is 15.7. The van der Waals surface area contributed by atoms with E-state index in [0.717, 1.165) is 28.4 Å². The van der Waals surface area contributed by atoms with Crippen LogP contribution >= 0.6 is 34.8 Å². The maximum atomic E-state index is 5.75. The summed E-state index contributed by atoms with van der Waals surface area (Å²) in [5.74, 6) is 1.52. The molecule has 0 saturated heterocycles. The Morgan fingerprint density at radius 1 is 0.964 bits per heavy atom. The maximum Gasteiger partial charge on any atom is 0.178 e. The molecular weight excluding hydrogens is 483 g/mol. The van der Waals surface area contributed by atoms with Gasteiger partial charge in [-0.3, -0.25) is 0 Å². The van der Waals surface area contributed by atoms with Crippen LogP contribution in [0.4, 0.5) is 11.4 Å². The summed E-state index contributed by atoms with van der Waals surface area (Å²) in [6.45, 7) is 0.562. The van der Waals surface area contributed by atoms with Gasteiger partial charge >= 0.3 is 0 Å². The number of methoxy groups -OCH3 is 2. The van der Waals surface area contributed by atoms with E-state index in [9.17, 15) is 0 Å². The average Bonchev–Trinajstić information content (AvgIpc) is 2.73. The van der Waals surface area contributed by atoms with Crippen LogP contribution in [0.1, 0.15) is 5.56 Å². The van der Waals surface area contributed by atoms with Gasteiger partial charge in [0.05, 0.1) is 20.8 Å². The van der Waals surface area contributed by atoms with Crippen LogP contribution in [-0.2, 0) is 6.54 Å². The second kappa shape index (κ2) is 9.75. The van der Waals surface area contributed by atoms with Crippen molar-refractivity contribution in [3.8, 4) is 11.5 Å². The third-order valence-electron chi connectivity index (χ3n) is 4.23. The quantitative estimate of drug-likeness (QED) is 0.344. The van der Waals surface area contributed by atoms with Crippen LogP contribution in [0.25, 0.3) is 0 Å². The molecule has 4 nitrogen and oxygen atoms in total. The minimum atomic E-state index is 0.562. The van der Waals surface area contributed by atoms with Gasteiger partial charge in [0.15, 0.2) is 5.11 Å². The number of hydrogen-bond donors (Lipinski definition) is 1. The molecule has 0 spiro atoms. The first-order valence-electron chi connectivity index (χ1n) is 8.70. The van der Waals surface area contributed by atoms with Gasteiger partial charge in [0, 0.05) is 26.6 Å². The highest BCUT2D eigenvalue weighted by Gasteiger charge is 2.16.